The molecule has 3 rings (SSSR count). The lowest BCUT2D eigenvalue weighted by Gasteiger charge is -2.25. The first kappa shape index (κ1) is 26.1. The molecule has 0 radical (unpaired) electrons. The molecule has 2 saturated heterocycles. The number of aromatic amines is 1. The number of nitrogens with one attached hydrogen (secondary N) is 2. The van der Waals surface area contributed by atoms with E-state index in [1.54, 1.807) is 0 Å². The maximum absolute atomic E-state index is 12.4. The Morgan fingerprint density at radius 2 is 1.75 bits per heavy atom. The van der Waals surface area contributed by atoms with Crippen molar-refractivity contribution in [3.63, 3.8) is 0 Å². The van der Waals surface area contributed by atoms with Crippen LogP contribution in [0.25, 0.3) is 0 Å². The number of hydrogen-bond donors (Lipinski definition) is 8. The van der Waals surface area contributed by atoms with Gasteiger partial charge in [0.1, 0.15) is 24.4 Å². The first-order chi connectivity index (χ1) is 15.2. The molecular formula is C14H24N3O12P3. The third-order valence-corrected chi connectivity index (χ3v) is 7.63. The molecule has 0 aromatic carbocycles. The smallest absolute Gasteiger partial charge is 0.344 e. The van der Waals surface area contributed by atoms with Crippen LogP contribution in [0.4, 0.5) is 0 Å². The lowest BCUT2D eigenvalue weighted by atomic mass is 10.0. The van der Waals surface area contributed by atoms with E-state index in [1.807, 2.05) is 0 Å². The van der Waals surface area contributed by atoms with Crippen LogP contribution in [0, 0.1) is 0 Å². The molecule has 0 bridgehead atoms. The fraction of sp³-hybridized carbons (Fsp3) is 0.714. The van der Waals surface area contributed by atoms with Crippen LogP contribution in [0.1, 0.15) is 30.6 Å². The first-order valence-corrected chi connectivity index (χ1v) is 12.8. The molecule has 1 aromatic rings. The van der Waals surface area contributed by atoms with E-state index in [9.17, 15) is 29.6 Å². The first-order valence-electron chi connectivity index (χ1n) is 9.40. The lowest BCUT2D eigenvalue weighted by molar-refractivity contribution is -0.0194. The van der Waals surface area contributed by atoms with Crippen molar-refractivity contribution in [2.45, 2.75) is 43.3 Å². The van der Waals surface area contributed by atoms with Crippen LogP contribution in [0.2, 0.25) is 0 Å². The number of aliphatic hydroxyl groups is 2. The fourth-order valence-electron chi connectivity index (χ4n) is 3.50. The van der Waals surface area contributed by atoms with Crippen molar-refractivity contribution < 1.29 is 47.7 Å². The van der Waals surface area contributed by atoms with Gasteiger partial charge in [0.2, 0.25) is 0 Å². The number of aromatic nitrogens is 2. The third kappa shape index (κ3) is 6.56. The zero-order valence-electron chi connectivity index (χ0n) is 16.4. The largest absolute Gasteiger partial charge is 0.387 e. The van der Waals surface area contributed by atoms with E-state index < -0.39 is 68.1 Å². The minimum atomic E-state index is -2.91. The second-order valence-electron chi connectivity index (χ2n) is 7.00. The number of aliphatic hydroxyl groups excluding tert-OH is 2. The summed E-state index contributed by atoms with van der Waals surface area (Å²) in [5, 5.41) is 23.9. The molecule has 6 atom stereocenters. The number of rotatable bonds is 9. The predicted octanol–water partition coefficient (Wildman–Crippen LogP) is -1.68. The van der Waals surface area contributed by atoms with Crippen molar-refractivity contribution in [1.82, 2.24) is 14.9 Å². The van der Waals surface area contributed by atoms with Gasteiger partial charge in [0.05, 0.1) is 12.2 Å². The van der Waals surface area contributed by atoms with Crippen LogP contribution in [0.3, 0.4) is 0 Å². The topological polar surface area (TPSA) is 225 Å². The number of piperidine rings is 1. The SMILES string of the molecule is O=c1[nH]c(=O)n(C2CCNCC2)cc1C1OC(COP(O)OP(O)OP(O)O)C(O)C1O. The highest BCUT2D eigenvalue weighted by Gasteiger charge is 2.45. The van der Waals surface area contributed by atoms with E-state index in [-0.39, 0.29) is 11.6 Å². The zero-order valence-corrected chi connectivity index (χ0v) is 19.1. The molecule has 32 heavy (non-hydrogen) atoms. The van der Waals surface area contributed by atoms with Gasteiger partial charge in [-0.05, 0) is 25.9 Å². The minimum Gasteiger partial charge on any atom is -0.387 e. The highest BCUT2D eigenvalue weighted by Crippen LogP contribution is 2.55. The molecule has 2 aliphatic rings. The van der Waals surface area contributed by atoms with Gasteiger partial charge < -0.3 is 44.4 Å². The lowest BCUT2D eigenvalue weighted by Crippen LogP contribution is -2.39. The van der Waals surface area contributed by atoms with Crippen molar-refractivity contribution in [2.24, 2.45) is 0 Å². The number of H-pyrrole nitrogens is 1. The summed E-state index contributed by atoms with van der Waals surface area (Å²) in [5.74, 6) is 0. The zero-order chi connectivity index (χ0) is 23.4. The van der Waals surface area contributed by atoms with E-state index in [2.05, 4.69) is 18.9 Å². The van der Waals surface area contributed by atoms with Gasteiger partial charge in [0.25, 0.3) is 5.56 Å². The second-order valence-corrected chi connectivity index (χ2v) is 10.0. The molecule has 1 aromatic heterocycles. The summed E-state index contributed by atoms with van der Waals surface area (Å²) in [4.78, 5) is 62.9. The number of nitrogens with zero attached hydrogens (tertiary/aromatic N) is 1. The van der Waals surface area contributed by atoms with Gasteiger partial charge in [0.15, 0.2) is 0 Å². The number of hydrogen-bond acceptors (Lipinski definition) is 13. The van der Waals surface area contributed by atoms with Crippen molar-refractivity contribution >= 4 is 25.8 Å². The van der Waals surface area contributed by atoms with Crippen LogP contribution in [0.15, 0.2) is 15.8 Å². The standard InChI is InChI=1S/C14H24N3O12P3/c18-10-9(6-26-31(24)29-32(25)28-30(22)23)27-12(11(10)19)8-5-17(14(21)16-13(8)20)7-1-3-15-4-2-7/h5,7,9-12,15,18-19,22-25H,1-4,6H2,(H,16,20,21). The summed E-state index contributed by atoms with van der Waals surface area (Å²) < 4.78 is 20.5. The Hall–Kier alpha value is -0.470. The van der Waals surface area contributed by atoms with Gasteiger partial charge in [-0.15, -0.1) is 0 Å². The average Bonchev–Trinajstić information content (AvgIpc) is 3.01. The molecule has 2 fully saturated rings. The Morgan fingerprint density at radius 3 is 2.41 bits per heavy atom. The summed E-state index contributed by atoms with van der Waals surface area (Å²) in [6, 6.07) is -0.147. The van der Waals surface area contributed by atoms with Crippen molar-refractivity contribution in [3.8, 4) is 0 Å². The molecule has 8 N–H and O–H groups in total. The van der Waals surface area contributed by atoms with E-state index in [1.165, 1.54) is 10.8 Å². The Morgan fingerprint density at radius 1 is 1.06 bits per heavy atom. The van der Waals surface area contributed by atoms with Gasteiger partial charge in [-0.25, -0.2) is 13.4 Å². The Kier molecular flexibility index (Phi) is 9.63. The van der Waals surface area contributed by atoms with Crippen molar-refractivity contribution in [3.05, 3.63) is 32.6 Å². The quantitative estimate of drug-likeness (QED) is 0.171. The molecule has 182 valence electrons. The van der Waals surface area contributed by atoms with Crippen molar-refractivity contribution in [2.75, 3.05) is 19.7 Å². The summed E-state index contributed by atoms with van der Waals surface area (Å²) in [6.45, 7) is 0.911. The van der Waals surface area contributed by atoms with Gasteiger partial charge >= 0.3 is 31.5 Å². The maximum atomic E-state index is 12.4. The average molecular weight is 519 g/mol. The summed E-state index contributed by atoms with van der Waals surface area (Å²) >= 11 is 0. The van der Waals surface area contributed by atoms with Gasteiger partial charge in [-0.1, -0.05) is 0 Å². The molecular weight excluding hydrogens is 495 g/mol. The molecule has 2 aliphatic heterocycles. The molecule has 15 nitrogen and oxygen atoms in total. The normalized spacial score (nSPS) is 28.8. The maximum Gasteiger partial charge on any atom is 0.344 e. The van der Waals surface area contributed by atoms with E-state index in [0.29, 0.717) is 25.9 Å². The molecule has 0 amide bonds. The molecule has 0 saturated carbocycles. The molecule has 3 heterocycles. The summed E-state index contributed by atoms with van der Waals surface area (Å²) in [5.41, 5.74) is -1.40. The predicted molar refractivity (Wildman–Crippen MR) is 110 cm³/mol. The second kappa shape index (κ2) is 11.8. The van der Waals surface area contributed by atoms with Crippen LogP contribution in [-0.4, -0.2) is 77.3 Å². The summed E-state index contributed by atoms with van der Waals surface area (Å²) in [6.07, 6.45) is -2.83. The Labute approximate surface area is 184 Å². The highest BCUT2D eigenvalue weighted by molar-refractivity contribution is 7.60. The van der Waals surface area contributed by atoms with E-state index in [4.69, 9.17) is 19.0 Å². The summed E-state index contributed by atoms with van der Waals surface area (Å²) in [7, 11) is -8.47. The van der Waals surface area contributed by atoms with Crippen LogP contribution in [0.5, 0.6) is 0 Å². The molecule has 0 spiro atoms. The Bertz CT molecular complexity index is 865. The van der Waals surface area contributed by atoms with Crippen molar-refractivity contribution in [1.29, 1.82) is 0 Å². The van der Waals surface area contributed by atoms with Gasteiger partial charge in [-0.2, -0.15) is 0 Å². The molecule has 0 aliphatic carbocycles. The highest BCUT2D eigenvalue weighted by atomic mass is 31.3. The van der Waals surface area contributed by atoms with Gasteiger partial charge in [0, 0.05) is 12.2 Å². The fourth-order valence-corrected chi connectivity index (χ4v) is 5.33. The van der Waals surface area contributed by atoms with E-state index >= 15 is 0 Å². The molecule has 18 heteroatoms. The van der Waals surface area contributed by atoms with Crippen LogP contribution < -0.4 is 16.6 Å². The monoisotopic (exact) mass is 519 g/mol. The van der Waals surface area contributed by atoms with Gasteiger partial charge in [-0.3, -0.25) is 14.3 Å². The van der Waals surface area contributed by atoms with Crippen LogP contribution in [-0.2, 0) is 17.9 Å². The van der Waals surface area contributed by atoms with Crippen LogP contribution >= 0.6 is 25.8 Å². The van der Waals surface area contributed by atoms with E-state index in [0.717, 1.165) is 0 Å². The Balaban J connectivity index is 1.67. The minimum absolute atomic E-state index is 0.0498. The molecule has 6 unspecified atom stereocenters. The number of ether oxygens (including phenoxy) is 1. The third-order valence-electron chi connectivity index (χ3n) is 5.00.